The van der Waals surface area contributed by atoms with Crippen molar-refractivity contribution in [2.75, 3.05) is 14.1 Å². The van der Waals surface area contributed by atoms with E-state index in [0.717, 1.165) is 33.4 Å². The van der Waals surface area contributed by atoms with Gasteiger partial charge in [-0.2, -0.15) is 0 Å². The van der Waals surface area contributed by atoms with E-state index in [1.807, 2.05) is 36.9 Å². The SMILES string of the molecule is CC1C=C2c3nc4ccc(O)c(CN(C)C)c4cc3CN2C(=O)C1C. The molecule has 5 heteroatoms. The van der Waals surface area contributed by atoms with Gasteiger partial charge in [-0.15, -0.1) is 0 Å². The zero-order valence-electron chi connectivity index (χ0n) is 15.1. The lowest BCUT2D eigenvalue weighted by atomic mass is 9.90. The Balaban J connectivity index is 1.89. The molecule has 25 heavy (non-hydrogen) atoms. The molecular weight excluding hydrogens is 314 g/mol. The Kier molecular flexibility index (Phi) is 3.58. The maximum absolute atomic E-state index is 12.7. The van der Waals surface area contributed by atoms with Crippen molar-refractivity contribution in [1.82, 2.24) is 14.8 Å². The monoisotopic (exact) mass is 337 g/mol. The number of aromatic nitrogens is 1. The summed E-state index contributed by atoms with van der Waals surface area (Å²) in [6.07, 6.45) is 2.16. The van der Waals surface area contributed by atoms with Crippen LogP contribution in [-0.4, -0.2) is 39.9 Å². The van der Waals surface area contributed by atoms with Crippen LogP contribution in [0.1, 0.15) is 30.7 Å². The lowest BCUT2D eigenvalue weighted by Gasteiger charge is -2.30. The van der Waals surface area contributed by atoms with E-state index in [2.05, 4.69) is 19.1 Å². The number of phenols is 1. The molecule has 0 aliphatic carbocycles. The molecule has 1 aromatic carbocycles. The summed E-state index contributed by atoms with van der Waals surface area (Å²) in [6.45, 7) is 5.28. The number of allylic oxidation sites excluding steroid dienone is 1. The number of pyridine rings is 1. The first kappa shape index (κ1) is 16.1. The molecular formula is C20H23N3O2. The first-order valence-corrected chi connectivity index (χ1v) is 8.69. The molecule has 3 heterocycles. The number of phenolic OH excluding ortho intramolecular Hbond substituents is 1. The second-order valence-electron chi connectivity index (χ2n) is 7.49. The third-order valence-electron chi connectivity index (χ3n) is 5.37. The summed E-state index contributed by atoms with van der Waals surface area (Å²) < 4.78 is 0. The molecule has 2 aliphatic heterocycles. The van der Waals surface area contributed by atoms with Crippen molar-refractivity contribution in [3.63, 3.8) is 0 Å². The van der Waals surface area contributed by atoms with Gasteiger partial charge in [-0.25, -0.2) is 4.98 Å². The predicted molar refractivity (Wildman–Crippen MR) is 97.7 cm³/mol. The van der Waals surface area contributed by atoms with Crippen LogP contribution in [0.3, 0.4) is 0 Å². The molecule has 4 rings (SSSR count). The van der Waals surface area contributed by atoms with Crippen LogP contribution >= 0.6 is 0 Å². The minimum atomic E-state index is 0.000764. The van der Waals surface area contributed by atoms with Gasteiger partial charge in [-0.05, 0) is 38.2 Å². The van der Waals surface area contributed by atoms with Crippen LogP contribution in [0.15, 0.2) is 24.3 Å². The van der Waals surface area contributed by atoms with Crippen molar-refractivity contribution in [1.29, 1.82) is 0 Å². The normalized spacial score (nSPS) is 22.4. The summed E-state index contributed by atoms with van der Waals surface area (Å²) >= 11 is 0. The highest BCUT2D eigenvalue weighted by Gasteiger charge is 2.38. The Bertz CT molecular complexity index is 917. The number of aromatic hydroxyl groups is 1. The molecule has 2 aromatic rings. The van der Waals surface area contributed by atoms with E-state index in [1.165, 1.54) is 0 Å². The molecule has 1 amide bonds. The van der Waals surface area contributed by atoms with Gasteiger partial charge >= 0.3 is 0 Å². The van der Waals surface area contributed by atoms with Gasteiger partial charge in [0.2, 0.25) is 5.91 Å². The maximum atomic E-state index is 12.7. The number of amides is 1. The fourth-order valence-corrected chi connectivity index (χ4v) is 3.77. The van der Waals surface area contributed by atoms with E-state index in [9.17, 15) is 9.90 Å². The molecule has 0 saturated carbocycles. The van der Waals surface area contributed by atoms with Crippen LogP contribution in [0.2, 0.25) is 0 Å². The molecule has 0 fully saturated rings. The molecule has 0 saturated heterocycles. The standard InChI is InChI=1S/C20H23N3O2/c1-11-7-17-19-13(9-23(17)20(25)12(11)2)8-14-15(10-22(3)4)18(24)6-5-16(14)21-19/h5-8,11-12,24H,9-10H2,1-4H3. The smallest absolute Gasteiger partial charge is 0.230 e. The molecule has 2 aliphatic rings. The topological polar surface area (TPSA) is 56.7 Å². The lowest BCUT2D eigenvalue weighted by Crippen LogP contribution is -2.36. The van der Waals surface area contributed by atoms with Crippen molar-refractivity contribution in [3.05, 3.63) is 41.1 Å². The molecule has 0 spiro atoms. The fraction of sp³-hybridized carbons (Fsp3) is 0.400. The molecule has 2 atom stereocenters. The van der Waals surface area contributed by atoms with Gasteiger partial charge in [-0.1, -0.05) is 19.9 Å². The number of fused-ring (bicyclic) bond motifs is 4. The summed E-state index contributed by atoms with van der Waals surface area (Å²) in [5.74, 6) is 0.673. The van der Waals surface area contributed by atoms with E-state index in [4.69, 9.17) is 4.98 Å². The fourth-order valence-electron chi connectivity index (χ4n) is 3.77. The van der Waals surface area contributed by atoms with Gasteiger partial charge in [0.15, 0.2) is 0 Å². The van der Waals surface area contributed by atoms with Crippen LogP contribution in [0.5, 0.6) is 5.75 Å². The first-order valence-electron chi connectivity index (χ1n) is 8.69. The summed E-state index contributed by atoms with van der Waals surface area (Å²) in [6, 6.07) is 5.65. The van der Waals surface area contributed by atoms with Crippen LogP contribution in [0.4, 0.5) is 0 Å². The molecule has 1 N–H and O–H groups in total. The third kappa shape index (κ3) is 2.42. The quantitative estimate of drug-likeness (QED) is 0.915. The van der Waals surface area contributed by atoms with E-state index >= 15 is 0 Å². The Morgan fingerprint density at radius 1 is 1.32 bits per heavy atom. The third-order valence-corrected chi connectivity index (χ3v) is 5.37. The van der Waals surface area contributed by atoms with Crippen molar-refractivity contribution < 1.29 is 9.90 Å². The zero-order valence-corrected chi connectivity index (χ0v) is 15.1. The number of benzene rings is 1. The molecule has 130 valence electrons. The number of carbonyl (C=O) groups is 1. The Morgan fingerprint density at radius 2 is 2.08 bits per heavy atom. The number of carbonyl (C=O) groups excluding carboxylic acids is 1. The minimum absolute atomic E-state index is 0.000764. The average Bonchev–Trinajstić information content (AvgIpc) is 2.91. The van der Waals surface area contributed by atoms with Gasteiger partial charge in [-0.3, -0.25) is 4.79 Å². The van der Waals surface area contributed by atoms with Crippen LogP contribution in [0.25, 0.3) is 16.6 Å². The van der Waals surface area contributed by atoms with Crippen molar-refractivity contribution in [3.8, 4) is 5.75 Å². The second-order valence-corrected chi connectivity index (χ2v) is 7.49. The number of rotatable bonds is 2. The summed E-state index contributed by atoms with van der Waals surface area (Å²) in [5, 5.41) is 11.3. The van der Waals surface area contributed by atoms with Crippen molar-refractivity contribution in [2.24, 2.45) is 11.8 Å². The van der Waals surface area contributed by atoms with Crippen molar-refractivity contribution >= 4 is 22.5 Å². The largest absolute Gasteiger partial charge is 0.508 e. The number of hydrogen-bond acceptors (Lipinski definition) is 4. The highest BCUT2D eigenvalue weighted by atomic mass is 16.3. The Morgan fingerprint density at radius 3 is 2.80 bits per heavy atom. The van der Waals surface area contributed by atoms with Gasteiger partial charge in [0.05, 0.1) is 23.5 Å². The van der Waals surface area contributed by atoms with E-state index in [-0.39, 0.29) is 23.5 Å². The van der Waals surface area contributed by atoms with Crippen LogP contribution < -0.4 is 0 Å². The highest BCUT2D eigenvalue weighted by molar-refractivity contribution is 5.95. The summed E-state index contributed by atoms with van der Waals surface area (Å²) in [7, 11) is 3.96. The van der Waals surface area contributed by atoms with E-state index in [0.29, 0.717) is 13.1 Å². The Labute approximate surface area is 147 Å². The molecule has 1 aromatic heterocycles. The van der Waals surface area contributed by atoms with Crippen LogP contribution in [0, 0.1) is 11.8 Å². The van der Waals surface area contributed by atoms with E-state index < -0.39 is 0 Å². The van der Waals surface area contributed by atoms with Gasteiger partial charge < -0.3 is 14.9 Å². The first-order chi connectivity index (χ1) is 11.9. The van der Waals surface area contributed by atoms with Gasteiger partial charge in [0.1, 0.15) is 5.75 Å². The number of nitrogens with zero attached hydrogens (tertiary/aromatic N) is 3. The zero-order chi connectivity index (χ0) is 17.9. The minimum Gasteiger partial charge on any atom is -0.508 e. The van der Waals surface area contributed by atoms with Gasteiger partial charge in [0.25, 0.3) is 0 Å². The lowest BCUT2D eigenvalue weighted by molar-refractivity contribution is -0.133. The summed E-state index contributed by atoms with van der Waals surface area (Å²) in [5.41, 5.74) is 4.63. The maximum Gasteiger partial charge on any atom is 0.230 e. The van der Waals surface area contributed by atoms with E-state index in [1.54, 1.807) is 6.07 Å². The predicted octanol–water partition coefficient (Wildman–Crippen LogP) is 2.97. The molecule has 0 bridgehead atoms. The molecule has 2 unspecified atom stereocenters. The Hall–Kier alpha value is -2.40. The average molecular weight is 337 g/mol. The summed E-state index contributed by atoms with van der Waals surface area (Å²) in [4.78, 5) is 21.4. The molecule has 5 nitrogen and oxygen atoms in total. The highest BCUT2D eigenvalue weighted by Crippen LogP contribution is 2.40. The number of hydrogen-bond donors (Lipinski definition) is 1. The van der Waals surface area contributed by atoms with Gasteiger partial charge in [0, 0.05) is 29.0 Å². The second kappa shape index (κ2) is 5.56. The van der Waals surface area contributed by atoms with Crippen LogP contribution in [-0.2, 0) is 17.9 Å². The van der Waals surface area contributed by atoms with Crippen molar-refractivity contribution in [2.45, 2.75) is 26.9 Å². The molecule has 0 radical (unpaired) electrons.